The van der Waals surface area contributed by atoms with Crippen molar-refractivity contribution in [3.05, 3.63) is 59.4 Å². The van der Waals surface area contributed by atoms with E-state index in [-0.39, 0.29) is 17.8 Å². The first kappa shape index (κ1) is 26.8. The quantitative estimate of drug-likeness (QED) is 0.249. The van der Waals surface area contributed by atoms with Gasteiger partial charge in [-0.25, -0.2) is 4.98 Å². The van der Waals surface area contributed by atoms with E-state index < -0.39 is 0 Å². The highest BCUT2D eigenvalue weighted by molar-refractivity contribution is 5.96. The zero-order chi connectivity index (χ0) is 26.5. The van der Waals surface area contributed by atoms with Crippen LogP contribution in [-0.4, -0.2) is 57.9 Å². The van der Waals surface area contributed by atoms with Gasteiger partial charge in [0.1, 0.15) is 11.7 Å². The molecule has 1 fully saturated rings. The van der Waals surface area contributed by atoms with Gasteiger partial charge in [0, 0.05) is 43.9 Å². The molecule has 1 aliphatic heterocycles. The normalized spacial score (nSPS) is 15.8. The predicted molar refractivity (Wildman–Crippen MR) is 151 cm³/mol. The van der Waals surface area contributed by atoms with E-state index in [0.717, 1.165) is 73.4 Å². The standard InChI is InChI=1S/C29H41N7O/c1-19(2)18-32-23-13-15-36(16-14-23)20(3)29(37)33-24-10-11-26-25(17-24)34-27(35(26)4)12-7-21-5-8-22(9-6-21)28(30)31/h5-6,8-11,17,19-20,23,32H,7,12-16,18H2,1-4H3,(H3,30,31)(H,33,37). The van der Waals surface area contributed by atoms with Gasteiger partial charge in [0.05, 0.1) is 17.1 Å². The number of amides is 1. The fourth-order valence-corrected chi connectivity index (χ4v) is 4.96. The van der Waals surface area contributed by atoms with E-state index in [1.165, 1.54) is 5.56 Å². The summed E-state index contributed by atoms with van der Waals surface area (Å²) in [4.78, 5) is 20.2. The Morgan fingerprint density at radius 3 is 2.46 bits per heavy atom. The van der Waals surface area contributed by atoms with Crippen LogP contribution in [0.15, 0.2) is 42.5 Å². The van der Waals surface area contributed by atoms with Gasteiger partial charge in [0.2, 0.25) is 5.91 Å². The first-order valence-corrected chi connectivity index (χ1v) is 13.4. The molecule has 0 bridgehead atoms. The molecule has 0 spiro atoms. The van der Waals surface area contributed by atoms with E-state index >= 15 is 0 Å². The number of likely N-dealkylation sites (tertiary alicyclic amines) is 1. The maximum Gasteiger partial charge on any atom is 0.241 e. The van der Waals surface area contributed by atoms with Gasteiger partial charge < -0.3 is 20.9 Å². The molecule has 2 heterocycles. The van der Waals surface area contributed by atoms with E-state index in [1.807, 2.05) is 56.4 Å². The second-order valence-corrected chi connectivity index (χ2v) is 10.7. The fourth-order valence-electron chi connectivity index (χ4n) is 4.96. The molecule has 3 aromatic rings. The summed E-state index contributed by atoms with van der Waals surface area (Å²) < 4.78 is 2.12. The number of hydrogen-bond acceptors (Lipinski definition) is 5. The first-order valence-electron chi connectivity index (χ1n) is 13.4. The summed E-state index contributed by atoms with van der Waals surface area (Å²) >= 11 is 0. The van der Waals surface area contributed by atoms with E-state index in [2.05, 4.69) is 33.9 Å². The number of rotatable bonds is 10. The van der Waals surface area contributed by atoms with Gasteiger partial charge in [-0.15, -0.1) is 0 Å². The van der Waals surface area contributed by atoms with Gasteiger partial charge in [-0.05, 0) is 62.4 Å². The minimum absolute atomic E-state index is 0.0260. The molecular weight excluding hydrogens is 462 g/mol. The van der Waals surface area contributed by atoms with Crippen LogP contribution in [0.4, 0.5) is 5.69 Å². The number of aryl methyl sites for hydroxylation is 3. The van der Waals surface area contributed by atoms with E-state index in [1.54, 1.807) is 0 Å². The Labute approximate surface area is 220 Å². The lowest BCUT2D eigenvalue weighted by atomic mass is 10.0. The van der Waals surface area contributed by atoms with Gasteiger partial charge in [0.25, 0.3) is 0 Å². The highest BCUT2D eigenvalue weighted by Crippen LogP contribution is 2.22. The number of nitrogens with zero attached hydrogens (tertiary/aromatic N) is 3. The van der Waals surface area contributed by atoms with Crippen molar-refractivity contribution in [1.82, 2.24) is 19.8 Å². The maximum absolute atomic E-state index is 13.0. The zero-order valence-electron chi connectivity index (χ0n) is 22.6. The third kappa shape index (κ3) is 6.76. The molecule has 37 heavy (non-hydrogen) atoms. The van der Waals surface area contributed by atoms with Gasteiger partial charge >= 0.3 is 0 Å². The number of carbonyl (C=O) groups excluding carboxylic acids is 1. The van der Waals surface area contributed by atoms with Crippen LogP contribution >= 0.6 is 0 Å². The summed E-state index contributed by atoms with van der Waals surface area (Å²) in [6, 6.07) is 14.1. The highest BCUT2D eigenvalue weighted by Gasteiger charge is 2.26. The SMILES string of the molecule is CC(C)CNC1CCN(C(C)C(=O)Nc2ccc3c(c2)nc(CCc2ccc(C(=N)N)cc2)n3C)CC1. The Balaban J connectivity index is 1.34. The van der Waals surface area contributed by atoms with Crippen molar-refractivity contribution >= 4 is 28.5 Å². The van der Waals surface area contributed by atoms with Crippen LogP contribution in [0.5, 0.6) is 0 Å². The lowest BCUT2D eigenvalue weighted by molar-refractivity contribution is -0.121. The topological polar surface area (TPSA) is 112 Å². The Bertz CT molecular complexity index is 1220. The summed E-state index contributed by atoms with van der Waals surface area (Å²) in [7, 11) is 2.03. The number of amidine groups is 1. The second kappa shape index (κ2) is 11.9. The predicted octanol–water partition coefficient (Wildman–Crippen LogP) is 3.68. The van der Waals surface area contributed by atoms with Crippen molar-refractivity contribution < 1.29 is 4.79 Å². The Hall–Kier alpha value is -3.23. The lowest BCUT2D eigenvalue weighted by Crippen LogP contribution is -2.49. The van der Waals surface area contributed by atoms with Crippen molar-refractivity contribution in [2.75, 3.05) is 25.0 Å². The van der Waals surface area contributed by atoms with Crippen molar-refractivity contribution in [1.29, 1.82) is 5.41 Å². The molecule has 1 aromatic heterocycles. The third-order valence-corrected chi connectivity index (χ3v) is 7.41. The van der Waals surface area contributed by atoms with Gasteiger partial charge in [-0.3, -0.25) is 15.1 Å². The van der Waals surface area contributed by atoms with E-state index in [9.17, 15) is 4.79 Å². The number of aromatic nitrogens is 2. The number of hydrogen-bond donors (Lipinski definition) is 4. The average Bonchev–Trinajstić information content (AvgIpc) is 3.20. The van der Waals surface area contributed by atoms with Crippen molar-refractivity contribution in [3.63, 3.8) is 0 Å². The second-order valence-electron chi connectivity index (χ2n) is 10.7. The van der Waals surface area contributed by atoms with Crippen molar-refractivity contribution in [3.8, 4) is 0 Å². The molecule has 0 radical (unpaired) electrons. The van der Waals surface area contributed by atoms with E-state index in [0.29, 0.717) is 12.0 Å². The number of piperidine rings is 1. The summed E-state index contributed by atoms with van der Waals surface area (Å²) in [5.41, 5.74) is 10.2. The molecule has 8 nitrogen and oxygen atoms in total. The number of nitrogens with two attached hydrogens (primary N) is 1. The smallest absolute Gasteiger partial charge is 0.241 e. The third-order valence-electron chi connectivity index (χ3n) is 7.41. The first-order chi connectivity index (χ1) is 17.7. The van der Waals surface area contributed by atoms with Crippen LogP contribution < -0.4 is 16.4 Å². The molecule has 1 amide bonds. The molecule has 2 aromatic carbocycles. The lowest BCUT2D eigenvalue weighted by Gasteiger charge is -2.36. The molecule has 1 saturated heterocycles. The molecule has 8 heteroatoms. The van der Waals surface area contributed by atoms with E-state index in [4.69, 9.17) is 16.1 Å². The molecule has 1 aliphatic rings. The molecule has 0 aliphatic carbocycles. The van der Waals surface area contributed by atoms with Crippen LogP contribution in [0.3, 0.4) is 0 Å². The van der Waals surface area contributed by atoms with Crippen molar-refractivity contribution in [2.24, 2.45) is 18.7 Å². The minimum Gasteiger partial charge on any atom is -0.384 e. The van der Waals surface area contributed by atoms with Gasteiger partial charge in [-0.2, -0.15) is 0 Å². The van der Waals surface area contributed by atoms with Gasteiger partial charge in [-0.1, -0.05) is 38.1 Å². The van der Waals surface area contributed by atoms with Crippen molar-refractivity contribution in [2.45, 2.75) is 58.5 Å². The molecule has 0 saturated carbocycles. The number of fused-ring (bicyclic) bond motifs is 1. The van der Waals surface area contributed by atoms with Crippen LogP contribution in [0, 0.1) is 11.3 Å². The Morgan fingerprint density at radius 1 is 1.11 bits per heavy atom. The maximum atomic E-state index is 13.0. The Kier molecular flexibility index (Phi) is 8.61. The number of imidazole rings is 1. The van der Waals surface area contributed by atoms with Crippen LogP contribution in [0.1, 0.15) is 50.6 Å². The summed E-state index contributed by atoms with van der Waals surface area (Å²) in [6.07, 6.45) is 3.80. The fraction of sp³-hybridized carbons (Fsp3) is 0.483. The number of nitrogen functional groups attached to an aromatic ring is 1. The highest BCUT2D eigenvalue weighted by atomic mass is 16.2. The number of carbonyl (C=O) groups is 1. The molecule has 4 rings (SSSR count). The summed E-state index contributed by atoms with van der Waals surface area (Å²) in [5.74, 6) is 1.76. The number of benzene rings is 2. The largest absolute Gasteiger partial charge is 0.384 e. The Morgan fingerprint density at radius 2 is 1.81 bits per heavy atom. The molecule has 1 unspecified atom stereocenters. The number of anilines is 1. The molecular formula is C29H41N7O. The zero-order valence-corrected chi connectivity index (χ0v) is 22.6. The summed E-state index contributed by atoms with van der Waals surface area (Å²) in [6.45, 7) is 9.38. The minimum atomic E-state index is -0.171. The monoisotopic (exact) mass is 503 g/mol. The van der Waals surface area contributed by atoms with Crippen LogP contribution in [0.25, 0.3) is 11.0 Å². The van der Waals surface area contributed by atoms with Gasteiger partial charge in [0.15, 0.2) is 0 Å². The van der Waals surface area contributed by atoms with Crippen LogP contribution in [-0.2, 0) is 24.7 Å². The molecule has 1 atom stereocenters. The summed E-state index contributed by atoms with van der Waals surface area (Å²) in [5, 5.41) is 14.3. The molecule has 198 valence electrons. The number of nitrogens with one attached hydrogen (secondary N) is 3. The molecule has 5 N–H and O–H groups in total. The van der Waals surface area contributed by atoms with Crippen LogP contribution in [0.2, 0.25) is 0 Å². The average molecular weight is 504 g/mol.